The van der Waals surface area contributed by atoms with Crippen molar-refractivity contribution < 1.29 is 47.7 Å². The largest absolute Gasteiger partial charge is 0.460 e. The van der Waals surface area contributed by atoms with Crippen molar-refractivity contribution in [1.29, 1.82) is 0 Å². The van der Waals surface area contributed by atoms with Gasteiger partial charge in [-0.1, -0.05) is 95.9 Å². The molecule has 3 aromatic rings. The number of piperidine rings is 1. The van der Waals surface area contributed by atoms with Crippen LogP contribution in [0.15, 0.2) is 59.0 Å². The average Bonchev–Trinajstić information content (AvgIpc) is 3.90. The molecule has 3 N–H and O–H groups in total. The lowest BCUT2D eigenvalue weighted by Gasteiger charge is -2.40. The van der Waals surface area contributed by atoms with Crippen LogP contribution in [-0.2, 0) is 46.4 Å². The van der Waals surface area contributed by atoms with E-state index in [4.69, 9.17) is 34.2 Å². The van der Waals surface area contributed by atoms with Gasteiger partial charge >= 0.3 is 12.1 Å². The highest BCUT2D eigenvalue weighted by Gasteiger charge is 2.39. The Morgan fingerprint density at radius 1 is 0.973 bits per heavy atom. The number of hydrogen-bond donors (Lipinski definition) is 3. The summed E-state index contributed by atoms with van der Waals surface area (Å²) in [7, 11) is 1.97. The van der Waals surface area contributed by atoms with E-state index < -0.39 is 42.1 Å². The molecule has 4 amide bonds. The first-order valence-electron chi connectivity index (χ1n) is 26.4. The van der Waals surface area contributed by atoms with E-state index in [1.165, 1.54) is 11.3 Å². The van der Waals surface area contributed by atoms with Gasteiger partial charge in [0.25, 0.3) is 5.91 Å². The first kappa shape index (κ1) is 59.2. The molecule has 5 rings (SSSR count). The summed E-state index contributed by atoms with van der Waals surface area (Å²) in [4.78, 5) is 81.0. The summed E-state index contributed by atoms with van der Waals surface area (Å²) in [6, 6.07) is 12.8. The number of hydrogen-bond acceptors (Lipinski definition) is 14. The normalized spacial score (nSPS) is 18.2. The number of aromatic nitrogens is 1. The van der Waals surface area contributed by atoms with Gasteiger partial charge in [-0.05, 0) is 98.3 Å². The number of benzene rings is 2. The Hall–Kier alpha value is -5.63. The number of carbonyl (C=O) groups is 5. The van der Waals surface area contributed by atoms with Crippen molar-refractivity contribution in [2.75, 3.05) is 66.3 Å². The molecule has 0 unspecified atom stereocenters. The van der Waals surface area contributed by atoms with Gasteiger partial charge in [0, 0.05) is 55.0 Å². The fourth-order valence-corrected chi connectivity index (χ4v) is 10.2. The van der Waals surface area contributed by atoms with E-state index in [1.54, 1.807) is 23.6 Å². The van der Waals surface area contributed by atoms with Crippen LogP contribution in [0.2, 0.25) is 0 Å². The molecule has 7 atom stereocenters. The first-order chi connectivity index (χ1) is 35.8. The van der Waals surface area contributed by atoms with Gasteiger partial charge in [0.2, 0.25) is 11.8 Å². The fourth-order valence-electron chi connectivity index (χ4n) is 9.39. The maximum absolute atomic E-state index is 14.8. The highest BCUT2D eigenvalue weighted by Crippen LogP contribution is 2.37. The second-order valence-electron chi connectivity index (χ2n) is 19.5. The Balaban J connectivity index is 1.28. The third-order valence-electron chi connectivity index (χ3n) is 13.6. The maximum atomic E-state index is 14.8. The highest BCUT2D eigenvalue weighted by molar-refractivity contribution is 7.09. The van der Waals surface area contributed by atoms with Crippen LogP contribution in [0.25, 0.3) is 10.4 Å². The molecular formula is C54H79N9O10S. The van der Waals surface area contributed by atoms with Gasteiger partial charge in [-0.3, -0.25) is 24.1 Å². The van der Waals surface area contributed by atoms with Crippen LogP contribution in [0, 0.1) is 11.8 Å². The number of azide groups is 1. The minimum atomic E-state index is -0.789. The minimum Gasteiger partial charge on any atom is -0.460 e. The molecule has 1 aliphatic carbocycles. The molecule has 1 fully saturated rings. The standard InChI is InChI=1S/C54H79N9O10S/c1-8-23-63(52(66)48(37(6)10-3)60-50(65)45-18-14-15-24-62(45)7)46(36(4)5)33-47(71-25-9-2)51-59-44(35-74-51)49(64)58-40-30-39-19-20-41(73-54(68)56-21-26-69-28-29-70-27-22-57-61-55)32-42(39)43(31-40)53(67)72-34-38-16-12-11-13-17-38/h11-13,16-17,19-20,32,35-37,40,43,45-48H,8-10,14-15,18,21-31,33-34H2,1-7H3,(H,56,68)(H,58,64)(H,60,65)/t37-,40-,43+,45+,46+,47+,48-/m0/s1. The number of likely N-dealkylation sites (N-methyl/N-ethyl adjacent to an activating group) is 1. The number of esters is 1. The molecular weight excluding hydrogens is 967 g/mol. The van der Waals surface area contributed by atoms with Crippen molar-refractivity contribution in [2.45, 2.75) is 142 Å². The van der Waals surface area contributed by atoms with E-state index in [2.05, 4.69) is 51.6 Å². The van der Waals surface area contributed by atoms with Crippen LogP contribution in [0.3, 0.4) is 0 Å². The number of carbonyl (C=O) groups excluding carboxylic acids is 5. The molecule has 2 aliphatic rings. The van der Waals surface area contributed by atoms with Gasteiger partial charge in [0.05, 0.1) is 38.4 Å². The number of rotatable bonds is 30. The molecule has 74 heavy (non-hydrogen) atoms. The van der Waals surface area contributed by atoms with Crippen LogP contribution < -0.4 is 20.7 Å². The van der Waals surface area contributed by atoms with E-state index in [-0.39, 0.29) is 86.5 Å². The Morgan fingerprint density at radius 2 is 1.74 bits per heavy atom. The van der Waals surface area contributed by atoms with Crippen molar-refractivity contribution in [3.8, 4) is 5.75 Å². The minimum absolute atomic E-state index is 0.0336. The molecule has 1 saturated heterocycles. The molecule has 0 spiro atoms. The Morgan fingerprint density at radius 3 is 2.45 bits per heavy atom. The van der Waals surface area contributed by atoms with E-state index in [0.717, 1.165) is 56.2 Å². The molecule has 0 radical (unpaired) electrons. The fraction of sp³-hybridized carbons (Fsp3) is 0.630. The molecule has 0 saturated carbocycles. The van der Waals surface area contributed by atoms with Crippen molar-refractivity contribution >= 4 is 41.1 Å². The van der Waals surface area contributed by atoms with Crippen LogP contribution in [0.4, 0.5) is 4.79 Å². The number of nitrogens with zero attached hydrogens (tertiary/aromatic N) is 6. The van der Waals surface area contributed by atoms with E-state index in [0.29, 0.717) is 49.8 Å². The zero-order valence-electron chi connectivity index (χ0n) is 44.4. The maximum Gasteiger partial charge on any atom is 0.412 e. The van der Waals surface area contributed by atoms with Crippen molar-refractivity contribution in [1.82, 2.24) is 30.7 Å². The summed E-state index contributed by atoms with van der Waals surface area (Å²) in [5, 5.41) is 14.7. The van der Waals surface area contributed by atoms with Gasteiger partial charge in [-0.25, -0.2) is 9.78 Å². The number of fused-ring (bicyclic) bond motifs is 1. The molecule has 0 bridgehead atoms. The smallest absolute Gasteiger partial charge is 0.412 e. The summed E-state index contributed by atoms with van der Waals surface area (Å²) in [5.74, 6) is -1.68. The van der Waals surface area contributed by atoms with Crippen LogP contribution in [-0.4, -0.2) is 135 Å². The topological polar surface area (TPSA) is 236 Å². The summed E-state index contributed by atoms with van der Waals surface area (Å²) in [5.41, 5.74) is 10.8. The molecule has 1 aliphatic heterocycles. The lowest BCUT2D eigenvalue weighted by molar-refractivity contribution is -0.147. The summed E-state index contributed by atoms with van der Waals surface area (Å²) >= 11 is 1.33. The zero-order valence-corrected chi connectivity index (χ0v) is 45.2. The Bertz CT molecular complexity index is 2300. The highest BCUT2D eigenvalue weighted by atomic mass is 32.1. The van der Waals surface area contributed by atoms with Gasteiger partial charge in [-0.2, -0.15) is 0 Å². The number of likely N-dealkylation sites (tertiary alicyclic amines) is 1. The predicted octanol–water partition coefficient (Wildman–Crippen LogP) is 8.28. The molecule has 19 nitrogen and oxygen atoms in total. The van der Waals surface area contributed by atoms with Crippen molar-refractivity contribution in [3.63, 3.8) is 0 Å². The Kier molecular flexibility index (Phi) is 25.1. The van der Waals surface area contributed by atoms with E-state index in [9.17, 15) is 24.0 Å². The number of nitrogens with one attached hydrogen (secondary N) is 3. The van der Waals surface area contributed by atoms with Crippen molar-refractivity contribution in [2.24, 2.45) is 17.0 Å². The Labute approximate surface area is 440 Å². The average molecular weight is 1050 g/mol. The molecule has 406 valence electrons. The van der Waals surface area contributed by atoms with E-state index in [1.807, 2.05) is 63.1 Å². The number of ether oxygens (including phenoxy) is 5. The van der Waals surface area contributed by atoms with Gasteiger partial charge in [0.15, 0.2) is 0 Å². The second kappa shape index (κ2) is 31.3. The number of thiazole rings is 1. The van der Waals surface area contributed by atoms with Crippen LogP contribution in [0.5, 0.6) is 5.75 Å². The van der Waals surface area contributed by atoms with E-state index >= 15 is 0 Å². The van der Waals surface area contributed by atoms with Crippen LogP contribution >= 0.6 is 11.3 Å². The first-order valence-corrected chi connectivity index (χ1v) is 27.3. The van der Waals surface area contributed by atoms with Crippen molar-refractivity contribution in [3.05, 3.63) is 91.7 Å². The third kappa shape index (κ3) is 18.0. The lowest BCUT2D eigenvalue weighted by Crippen LogP contribution is -2.58. The molecule has 1 aromatic heterocycles. The SMILES string of the molecule is CCCO[C@H](C[C@H](C(C)C)N(CCC)C(=O)[C@@H](NC(=O)[C@H]1CCCCN1C)[C@@H](C)CC)c1nc(C(=O)N[C@H]2Cc3ccc(OC(=O)NCCOCCOCCN=[N+]=[N-])cc3[C@H](C(=O)OCc3ccccc3)C2)cs1. The summed E-state index contributed by atoms with van der Waals surface area (Å²) < 4.78 is 28.7. The predicted molar refractivity (Wildman–Crippen MR) is 283 cm³/mol. The third-order valence-corrected chi connectivity index (χ3v) is 14.5. The molecule has 2 heterocycles. The summed E-state index contributed by atoms with van der Waals surface area (Å²) in [6.45, 7) is 15.7. The second-order valence-corrected chi connectivity index (χ2v) is 20.4. The van der Waals surface area contributed by atoms with Gasteiger partial charge in [-0.15, -0.1) is 11.3 Å². The zero-order chi connectivity index (χ0) is 53.4. The van der Waals surface area contributed by atoms with Gasteiger partial charge < -0.3 is 44.5 Å². The van der Waals surface area contributed by atoms with Crippen LogP contribution in [0.1, 0.15) is 137 Å². The summed E-state index contributed by atoms with van der Waals surface area (Å²) in [6.07, 6.45) is 4.85. The molecule has 20 heteroatoms. The lowest BCUT2D eigenvalue weighted by atomic mass is 9.80. The van der Waals surface area contributed by atoms with Gasteiger partial charge in [0.1, 0.15) is 35.2 Å². The molecule has 2 aromatic carbocycles. The monoisotopic (exact) mass is 1050 g/mol. The quantitative estimate of drug-likeness (QED) is 0.0188. The number of amides is 4.